The highest BCUT2D eigenvalue weighted by Crippen LogP contribution is 2.71. The molecular formula is C15H16F6N2S2. The molecule has 0 aromatic heterocycles. The Morgan fingerprint density at radius 2 is 1.84 bits per heavy atom. The molecule has 140 valence electrons. The molecular weight excluding hydrogens is 386 g/mol. The van der Waals surface area contributed by atoms with E-state index >= 15 is 0 Å². The van der Waals surface area contributed by atoms with Gasteiger partial charge in [-0.1, -0.05) is 0 Å². The molecule has 0 amide bonds. The lowest BCUT2D eigenvalue weighted by Crippen LogP contribution is -2.33. The Balaban J connectivity index is 1.71. The number of halogens is 6. The van der Waals surface area contributed by atoms with E-state index in [9.17, 15) is 26.3 Å². The molecule has 2 fully saturated rings. The van der Waals surface area contributed by atoms with E-state index in [1.165, 1.54) is 0 Å². The van der Waals surface area contributed by atoms with Gasteiger partial charge in [0.15, 0.2) is 0 Å². The summed E-state index contributed by atoms with van der Waals surface area (Å²) in [6.07, 6.45) is -4.19. The summed E-state index contributed by atoms with van der Waals surface area (Å²) in [4.78, 5) is -0.221. The van der Waals surface area contributed by atoms with Crippen LogP contribution in [0.15, 0.2) is 23.1 Å². The van der Waals surface area contributed by atoms with Gasteiger partial charge in [-0.05, 0) is 31.0 Å². The number of hydrogen-bond acceptors (Lipinski definition) is 4. The second kappa shape index (κ2) is 6.54. The van der Waals surface area contributed by atoms with Gasteiger partial charge in [0, 0.05) is 47.2 Å². The van der Waals surface area contributed by atoms with Gasteiger partial charge in [0.05, 0.1) is 5.56 Å². The summed E-state index contributed by atoms with van der Waals surface area (Å²) in [5.74, 6) is -4.99. The fourth-order valence-electron chi connectivity index (χ4n) is 3.55. The third-order valence-electron chi connectivity index (χ3n) is 5.10. The summed E-state index contributed by atoms with van der Waals surface area (Å²) in [5.41, 5.74) is -2.27. The Morgan fingerprint density at radius 3 is 2.40 bits per heavy atom. The minimum Gasteiger partial charge on any atom is -0.264 e. The molecule has 1 heterocycles. The normalized spacial score (nSPS) is 25.3. The first-order chi connectivity index (χ1) is 11.6. The third kappa shape index (κ3) is 3.38. The van der Waals surface area contributed by atoms with Crippen molar-refractivity contribution in [2.24, 2.45) is 16.5 Å². The molecule has 0 radical (unpaired) electrons. The van der Waals surface area contributed by atoms with Crippen molar-refractivity contribution in [3.63, 3.8) is 0 Å². The second-order valence-electron chi connectivity index (χ2n) is 6.32. The van der Waals surface area contributed by atoms with Crippen molar-refractivity contribution in [3.05, 3.63) is 29.6 Å². The maximum atomic E-state index is 14.3. The molecule has 2 N–H and O–H groups in total. The molecule has 1 aromatic carbocycles. The average Bonchev–Trinajstić information content (AvgIpc) is 2.99. The lowest BCUT2D eigenvalue weighted by Gasteiger charge is -2.30. The van der Waals surface area contributed by atoms with Crippen molar-refractivity contribution in [2.75, 3.05) is 18.8 Å². The molecule has 1 aliphatic heterocycles. The first kappa shape index (κ1) is 19.2. The Bertz CT molecular complexity index is 643. The first-order valence-corrected chi connectivity index (χ1v) is 9.43. The summed E-state index contributed by atoms with van der Waals surface area (Å²) >= 11 is 1.73. The summed E-state index contributed by atoms with van der Waals surface area (Å²) in [5, 5.41) is 5.43. The predicted octanol–water partition coefficient (Wildman–Crippen LogP) is 4.81. The number of thioether (sulfide) groups is 1. The first-order valence-electron chi connectivity index (χ1n) is 7.61. The van der Waals surface area contributed by atoms with Gasteiger partial charge >= 0.3 is 6.18 Å². The van der Waals surface area contributed by atoms with E-state index < -0.39 is 34.8 Å². The molecule has 1 atom stereocenters. The summed E-state index contributed by atoms with van der Waals surface area (Å²) in [7, 11) is 0. The maximum Gasteiger partial charge on any atom is 0.417 e. The summed E-state index contributed by atoms with van der Waals surface area (Å²) in [6.45, 7) is 0.866. The van der Waals surface area contributed by atoms with E-state index in [0.29, 0.717) is 19.2 Å². The molecule has 2 aliphatic rings. The predicted molar refractivity (Wildman–Crippen MR) is 85.6 cm³/mol. The van der Waals surface area contributed by atoms with Crippen LogP contribution in [0.25, 0.3) is 0 Å². The highest BCUT2D eigenvalue weighted by atomic mass is 32.2. The number of nitrogens with two attached hydrogens (primary N) is 1. The fourth-order valence-corrected chi connectivity index (χ4v) is 5.31. The summed E-state index contributed by atoms with van der Waals surface area (Å²) < 4.78 is 82.6. The topological polar surface area (TPSA) is 29.3 Å². The standard InChI is InChI=1S/C15H16F6N2S2/c16-9-1-2-11(10(7-9)15(19,20)21)24-8-12-13(14(12,17)18)3-5-23(25-22)6-4-13/h1-2,7,12H,3-6,8,22H2. The van der Waals surface area contributed by atoms with Gasteiger partial charge < -0.3 is 0 Å². The van der Waals surface area contributed by atoms with Crippen molar-refractivity contribution in [1.29, 1.82) is 0 Å². The van der Waals surface area contributed by atoms with Gasteiger partial charge in [0.25, 0.3) is 5.92 Å². The highest BCUT2D eigenvalue weighted by Gasteiger charge is 2.79. The van der Waals surface area contributed by atoms with Crippen LogP contribution >= 0.6 is 23.9 Å². The zero-order valence-corrected chi connectivity index (χ0v) is 14.6. The molecule has 0 bridgehead atoms. The SMILES string of the molecule is NSN1CCC2(CC1)C(CSc1ccc(F)cc1C(F)(F)F)C2(F)F. The van der Waals surface area contributed by atoms with Crippen LogP contribution in [0.1, 0.15) is 18.4 Å². The largest absolute Gasteiger partial charge is 0.417 e. The van der Waals surface area contributed by atoms with Crippen molar-refractivity contribution in [1.82, 2.24) is 4.31 Å². The number of piperidine rings is 1. The number of alkyl halides is 5. The van der Waals surface area contributed by atoms with E-state index in [-0.39, 0.29) is 23.5 Å². The van der Waals surface area contributed by atoms with E-state index in [4.69, 9.17) is 5.14 Å². The maximum absolute atomic E-state index is 14.3. The number of nitrogens with zero attached hydrogens (tertiary/aromatic N) is 1. The van der Waals surface area contributed by atoms with Crippen molar-refractivity contribution in [3.8, 4) is 0 Å². The molecule has 1 spiro atoms. The zero-order valence-electron chi connectivity index (χ0n) is 13.0. The number of benzene rings is 1. The Morgan fingerprint density at radius 1 is 1.20 bits per heavy atom. The van der Waals surface area contributed by atoms with E-state index in [0.717, 1.165) is 36.0 Å². The Labute approximate surface area is 149 Å². The van der Waals surface area contributed by atoms with Crippen LogP contribution in [-0.4, -0.2) is 29.1 Å². The van der Waals surface area contributed by atoms with Gasteiger partial charge in [-0.15, -0.1) is 11.8 Å². The van der Waals surface area contributed by atoms with E-state index in [1.807, 2.05) is 0 Å². The lowest BCUT2D eigenvalue weighted by molar-refractivity contribution is -0.139. The van der Waals surface area contributed by atoms with Crippen LogP contribution in [0.2, 0.25) is 0 Å². The van der Waals surface area contributed by atoms with Crippen LogP contribution in [0, 0.1) is 17.2 Å². The molecule has 1 saturated carbocycles. The van der Waals surface area contributed by atoms with Gasteiger partial charge in [-0.2, -0.15) is 13.2 Å². The zero-order chi connectivity index (χ0) is 18.5. The van der Waals surface area contributed by atoms with Gasteiger partial charge in [0.2, 0.25) is 0 Å². The quantitative estimate of drug-likeness (QED) is 0.445. The van der Waals surface area contributed by atoms with Gasteiger partial charge in [0.1, 0.15) is 5.82 Å². The monoisotopic (exact) mass is 402 g/mol. The minimum absolute atomic E-state index is 0.127. The lowest BCUT2D eigenvalue weighted by atomic mass is 9.92. The van der Waals surface area contributed by atoms with Gasteiger partial charge in [-0.3, -0.25) is 5.14 Å². The van der Waals surface area contributed by atoms with Crippen LogP contribution in [0.3, 0.4) is 0 Å². The molecule has 3 rings (SSSR count). The minimum atomic E-state index is -4.72. The van der Waals surface area contributed by atoms with Crippen LogP contribution < -0.4 is 5.14 Å². The molecule has 1 aromatic rings. The van der Waals surface area contributed by atoms with Crippen molar-refractivity contribution in [2.45, 2.75) is 29.8 Å². The number of rotatable bonds is 4. The van der Waals surface area contributed by atoms with E-state index in [1.54, 1.807) is 4.31 Å². The third-order valence-corrected chi connectivity index (χ3v) is 6.93. The highest BCUT2D eigenvalue weighted by molar-refractivity contribution is 7.99. The van der Waals surface area contributed by atoms with Crippen LogP contribution in [0.4, 0.5) is 26.3 Å². The van der Waals surface area contributed by atoms with Crippen molar-refractivity contribution >= 4 is 23.9 Å². The van der Waals surface area contributed by atoms with Crippen molar-refractivity contribution < 1.29 is 26.3 Å². The number of hydrogen-bond donors (Lipinski definition) is 1. The molecule has 1 unspecified atom stereocenters. The Kier molecular flexibility index (Phi) is 5.02. The Hall–Kier alpha value is -0.580. The van der Waals surface area contributed by atoms with Crippen LogP contribution in [0.5, 0.6) is 0 Å². The molecule has 2 nitrogen and oxygen atoms in total. The molecule has 1 aliphatic carbocycles. The van der Waals surface area contributed by atoms with E-state index in [2.05, 4.69) is 0 Å². The molecule has 1 saturated heterocycles. The molecule has 10 heteroatoms. The smallest absolute Gasteiger partial charge is 0.264 e. The van der Waals surface area contributed by atoms with Crippen LogP contribution in [-0.2, 0) is 6.18 Å². The van der Waals surface area contributed by atoms with Gasteiger partial charge in [-0.25, -0.2) is 17.5 Å². The second-order valence-corrected chi connectivity index (χ2v) is 8.10. The average molecular weight is 402 g/mol. The molecule has 25 heavy (non-hydrogen) atoms. The summed E-state index contributed by atoms with van der Waals surface area (Å²) in [6, 6.07) is 2.32. The fraction of sp³-hybridized carbons (Fsp3) is 0.600.